The highest BCUT2D eigenvalue weighted by atomic mass is 19.1. The lowest BCUT2D eigenvalue weighted by molar-refractivity contribution is 0.414. The van der Waals surface area contributed by atoms with Gasteiger partial charge in [-0.3, -0.25) is 0 Å². The predicted octanol–water partition coefficient (Wildman–Crippen LogP) is 2.59. The van der Waals surface area contributed by atoms with Crippen LogP contribution in [-0.2, 0) is 0 Å². The molecule has 1 aliphatic carbocycles. The molecule has 0 bridgehead atoms. The molecule has 1 radical (unpaired) electrons. The van der Waals surface area contributed by atoms with Crippen molar-refractivity contribution in [1.29, 1.82) is 0 Å². The summed E-state index contributed by atoms with van der Waals surface area (Å²) >= 11 is 0. The van der Waals surface area contributed by atoms with E-state index in [0.717, 1.165) is 25.0 Å². The SMILES string of the molecule is O[CH]c1cc(F)cc(C2CC2)c1. The van der Waals surface area contributed by atoms with Crippen LogP contribution in [0.1, 0.15) is 29.9 Å². The van der Waals surface area contributed by atoms with Gasteiger partial charge in [-0.1, -0.05) is 6.07 Å². The molecule has 1 aromatic carbocycles. The maximum absolute atomic E-state index is 12.9. The van der Waals surface area contributed by atoms with Crippen molar-refractivity contribution in [2.45, 2.75) is 18.8 Å². The van der Waals surface area contributed by atoms with Crippen molar-refractivity contribution in [2.24, 2.45) is 0 Å². The molecule has 0 atom stereocenters. The van der Waals surface area contributed by atoms with Gasteiger partial charge in [-0.25, -0.2) is 4.39 Å². The first kappa shape index (κ1) is 7.74. The quantitative estimate of drug-likeness (QED) is 0.714. The summed E-state index contributed by atoms with van der Waals surface area (Å²) < 4.78 is 12.9. The highest BCUT2D eigenvalue weighted by molar-refractivity contribution is 5.32. The second-order valence-corrected chi connectivity index (χ2v) is 3.22. The zero-order valence-corrected chi connectivity index (χ0v) is 6.63. The minimum Gasteiger partial charge on any atom is -0.385 e. The Morgan fingerprint density at radius 1 is 1.33 bits per heavy atom. The second kappa shape index (κ2) is 2.87. The zero-order valence-electron chi connectivity index (χ0n) is 6.63. The molecule has 2 rings (SSSR count). The van der Waals surface area contributed by atoms with Crippen LogP contribution in [0.3, 0.4) is 0 Å². The number of aliphatic hydroxyl groups excluding tert-OH is 1. The molecule has 0 amide bonds. The van der Waals surface area contributed by atoms with Crippen LogP contribution in [0.4, 0.5) is 4.39 Å². The molecule has 12 heavy (non-hydrogen) atoms. The van der Waals surface area contributed by atoms with Gasteiger partial charge in [0.05, 0.1) is 0 Å². The Morgan fingerprint density at radius 3 is 2.67 bits per heavy atom. The van der Waals surface area contributed by atoms with Gasteiger partial charge in [-0.15, -0.1) is 0 Å². The third-order valence-electron chi connectivity index (χ3n) is 2.14. The summed E-state index contributed by atoms with van der Waals surface area (Å²) in [5, 5.41) is 8.70. The van der Waals surface area contributed by atoms with Crippen molar-refractivity contribution >= 4 is 0 Å². The summed E-state index contributed by atoms with van der Waals surface area (Å²) in [5.74, 6) is 0.263. The average Bonchev–Trinajstić information content (AvgIpc) is 2.85. The Balaban J connectivity index is 2.34. The summed E-state index contributed by atoms with van der Waals surface area (Å²) in [7, 11) is 0. The van der Waals surface area contributed by atoms with Crippen molar-refractivity contribution < 1.29 is 9.50 Å². The van der Waals surface area contributed by atoms with Gasteiger partial charge in [0.1, 0.15) is 12.4 Å². The molecule has 1 aromatic rings. The van der Waals surface area contributed by atoms with E-state index in [9.17, 15) is 4.39 Å². The molecule has 1 nitrogen and oxygen atoms in total. The van der Waals surface area contributed by atoms with Gasteiger partial charge in [-0.05, 0) is 42.0 Å². The minimum atomic E-state index is -0.264. The molecule has 0 aromatic heterocycles. The van der Waals surface area contributed by atoms with Crippen LogP contribution in [0.15, 0.2) is 18.2 Å². The fourth-order valence-electron chi connectivity index (χ4n) is 1.36. The fourth-order valence-corrected chi connectivity index (χ4v) is 1.36. The maximum Gasteiger partial charge on any atom is 0.123 e. The van der Waals surface area contributed by atoms with Crippen molar-refractivity contribution in [3.63, 3.8) is 0 Å². The first-order valence-corrected chi connectivity index (χ1v) is 4.07. The Labute approximate surface area is 70.8 Å². The van der Waals surface area contributed by atoms with Gasteiger partial charge in [0, 0.05) is 0 Å². The molecule has 1 fully saturated rings. The van der Waals surface area contributed by atoms with Crippen LogP contribution >= 0.6 is 0 Å². The van der Waals surface area contributed by atoms with Crippen molar-refractivity contribution in [3.05, 3.63) is 41.8 Å². The first-order valence-electron chi connectivity index (χ1n) is 4.07. The van der Waals surface area contributed by atoms with E-state index in [4.69, 9.17) is 5.11 Å². The van der Waals surface area contributed by atoms with E-state index >= 15 is 0 Å². The van der Waals surface area contributed by atoms with Gasteiger partial charge < -0.3 is 5.11 Å². The zero-order chi connectivity index (χ0) is 8.55. The van der Waals surface area contributed by atoms with Crippen molar-refractivity contribution in [1.82, 2.24) is 0 Å². The van der Waals surface area contributed by atoms with Crippen LogP contribution < -0.4 is 0 Å². The van der Waals surface area contributed by atoms with Crippen molar-refractivity contribution in [2.75, 3.05) is 0 Å². The van der Waals surface area contributed by atoms with E-state index in [1.807, 2.05) is 6.07 Å². The highest BCUT2D eigenvalue weighted by Gasteiger charge is 2.24. The number of rotatable bonds is 2. The average molecular weight is 165 g/mol. The third kappa shape index (κ3) is 1.48. The fraction of sp³-hybridized carbons (Fsp3) is 0.300. The van der Waals surface area contributed by atoms with E-state index in [-0.39, 0.29) is 5.82 Å². The molecule has 0 spiro atoms. The predicted molar refractivity (Wildman–Crippen MR) is 43.7 cm³/mol. The molecule has 0 heterocycles. The van der Waals surface area contributed by atoms with Gasteiger partial charge in [0.15, 0.2) is 0 Å². The number of aliphatic hydroxyl groups is 1. The van der Waals surface area contributed by atoms with E-state index in [0.29, 0.717) is 11.5 Å². The molecule has 0 saturated heterocycles. The smallest absolute Gasteiger partial charge is 0.123 e. The largest absolute Gasteiger partial charge is 0.385 e. The first-order chi connectivity index (χ1) is 5.79. The lowest BCUT2D eigenvalue weighted by Crippen LogP contribution is -1.87. The minimum absolute atomic E-state index is 0.264. The van der Waals surface area contributed by atoms with E-state index < -0.39 is 0 Å². The summed E-state index contributed by atoms with van der Waals surface area (Å²) in [6.45, 7) is 0.939. The third-order valence-corrected chi connectivity index (χ3v) is 2.14. The summed E-state index contributed by atoms with van der Waals surface area (Å²) in [4.78, 5) is 0. The van der Waals surface area contributed by atoms with Gasteiger partial charge in [0.2, 0.25) is 0 Å². The normalized spacial score (nSPS) is 16.5. The van der Waals surface area contributed by atoms with Crippen LogP contribution in [0.2, 0.25) is 0 Å². The van der Waals surface area contributed by atoms with E-state index in [1.165, 1.54) is 6.07 Å². The molecule has 2 heteroatoms. The highest BCUT2D eigenvalue weighted by Crippen LogP contribution is 2.40. The van der Waals surface area contributed by atoms with Crippen LogP contribution in [0, 0.1) is 12.4 Å². The Kier molecular flexibility index (Phi) is 1.85. The number of halogens is 1. The monoisotopic (exact) mass is 165 g/mol. The Hall–Kier alpha value is -0.890. The van der Waals surface area contributed by atoms with Gasteiger partial charge in [0.25, 0.3) is 0 Å². The number of hydrogen-bond donors (Lipinski definition) is 1. The molecular formula is C10H10FO. The standard InChI is InChI=1S/C10H10FO/c11-10-4-7(6-12)3-9(5-10)8-1-2-8/h3-6,8,12H,1-2H2. The molecular weight excluding hydrogens is 155 g/mol. The van der Waals surface area contributed by atoms with E-state index in [1.54, 1.807) is 6.07 Å². The Morgan fingerprint density at radius 2 is 2.08 bits per heavy atom. The summed E-state index contributed by atoms with van der Waals surface area (Å²) in [6.07, 6.45) is 2.29. The molecule has 63 valence electrons. The van der Waals surface area contributed by atoms with Crippen LogP contribution in [0.25, 0.3) is 0 Å². The molecule has 0 unspecified atom stereocenters. The number of hydrogen-bond acceptors (Lipinski definition) is 1. The van der Waals surface area contributed by atoms with Gasteiger partial charge >= 0.3 is 0 Å². The summed E-state index contributed by atoms with van der Waals surface area (Å²) in [6, 6.07) is 4.71. The topological polar surface area (TPSA) is 20.2 Å². The second-order valence-electron chi connectivity index (χ2n) is 3.22. The lowest BCUT2D eigenvalue weighted by atomic mass is 10.1. The number of benzene rings is 1. The van der Waals surface area contributed by atoms with Crippen LogP contribution in [-0.4, -0.2) is 5.11 Å². The molecule has 1 aliphatic rings. The van der Waals surface area contributed by atoms with Gasteiger partial charge in [-0.2, -0.15) is 0 Å². The lowest BCUT2D eigenvalue weighted by Gasteiger charge is -2.01. The summed E-state index contributed by atoms with van der Waals surface area (Å²) in [5.41, 5.74) is 1.56. The van der Waals surface area contributed by atoms with Crippen LogP contribution in [0.5, 0.6) is 0 Å². The molecule has 0 aliphatic heterocycles. The Bertz CT molecular complexity index is 292. The van der Waals surface area contributed by atoms with Crippen molar-refractivity contribution in [3.8, 4) is 0 Å². The van der Waals surface area contributed by atoms with E-state index in [2.05, 4.69) is 0 Å². The maximum atomic E-state index is 12.9. The molecule has 1 N–H and O–H groups in total. The molecule has 1 saturated carbocycles.